The van der Waals surface area contributed by atoms with Gasteiger partial charge in [-0.15, -0.1) is 0 Å². The Bertz CT molecular complexity index is 367. The van der Waals surface area contributed by atoms with Crippen molar-refractivity contribution in [3.8, 4) is 5.75 Å². The third-order valence-corrected chi connectivity index (χ3v) is 2.86. The number of nitrogens with one attached hydrogen (secondary N) is 1. The Morgan fingerprint density at radius 3 is 2.61 bits per heavy atom. The van der Waals surface area contributed by atoms with Gasteiger partial charge in [0.15, 0.2) is 0 Å². The van der Waals surface area contributed by atoms with Crippen LogP contribution in [0.2, 0.25) is 0 Å². The van der Waals surface area contributed by atoms with Crippen molar-refractivity contribution in [2.24, 2.45) is 0 Å². The van der Waals surface area contributed by atoms with Crippen LogP contribution in [0.1, 0.15) is 18.9 Å². The Kier molecular flexibility index (Phi) is 6.60. The molecule has 0 unspecified atom stereocenters. The van der Waals surface area contributed by atoms with Gasteiger partial charge >= 0.3 is 5.97 Å². The molecule has 0 aliphatic heterocycles. The summed E-state index contributed by atoms with van der Waals surface area (Å²) >= 11 is 1.30. The lowest BCUT2D eigenvalue weighted by Gasteiger charge is -2.15. The normalized spacial score (nSPS) is 12.1. The van der Waals surface area contributed by atoms with Crippen LogP contribution in [0.15, 0.2) is 24.3 Å². The first kappa shape index (κ1) is 14.9. The number of hydrogen-bond donors (Lipinski definition) is 2. The molecule has 0 bridgehead atoms. The fraction of sp³-hybridized carbons (Fsp3) is 0.462. The molecule has 4 nitrogen and oxygen atoms in total. The second-order valence-electron chi connectivity index (χ2n) is 3.95. The summed E-state index contributed by atoms with van der Waals surface area (Å²) in [5.41, 5.74) is 1.11. The largest absolute Gasteiger partial charge is 0.481 e. The Morgan fingerprint density at radius 1 is 1.44 bits per heavy atom. The summed E-state index contributed by atoms with van der Waals surface area (Å²) < 4.78 is 5.28. The quantitative estimate of drug-likeness (QED) is 0.709. The Hall–Kier alpha value is -1.20. The average molecular weight is 269 g/mol. The van der Waals surface area contributed by atoms with Gasteiger partial charge < -0.3 is 14.6 Å². The number of carboxylic acid groups (broad SMARTS) is 1. The molecule has 0 heterocycles. The number of benzene rings is 1. The van der Waals surface area contributed by atoms with Gasteiger partial charge in [0.05, 0.1) is 18.5 Å². The number of rotatable bonds is 8. The molecule has 0 saturated heterocycles. The third-order valence-electron chi connectivity index (χ3n) is 2.50. The summed E-state index contributed by atoms with van der Waals surface area (Å²) in [6.45, 7) is 2.75. The maximum Gasteiger partial charge on any atom is 0.304 e. The zero-order chi connectivity index (χ0) is 13.4. The molecule has 18 heavy (non-hydrogen) atoms. The third kappa shape index (κ3) is 5.42. The van der Waals surface area contributed by atoms with E-state index in [2.05, 4.69) is 5.32 Å². The van der Waals surface area contributed by atoms with Crippen molar-refractivity contribution in [2.75, 3.05) is 12.8 Å². The van der Waals surface area contributed by atoms with E-state index in [0.717, 1.165) is 17.9 Å². The first-order chi connectivity index (χ1) is 8.65. The van der Waals surface area contributed by atoms with Crippen LogP contribution in [0.4, 0.5) is 0 Å². The lowest BCUT2D eigenvalue weighted by molar-refractivity contribution is -0.137. The van der Waals surface area contributed by atoms with Crippen LogP contribution in [0.25, 0.3) is 0 Å². The molecule has 0 fully saturated rings. The fourth-order valence-corrected chi connectivity index (χ4v) is 2.08. The molecule has 100 valence electrons. The highest BCUT2D eigenvalue weighted by atomic mass is 32.2. The van der Waals surface area contributed by atoms with Crippen LogP contribution in [0.5, 0.6) is 5.75 Å². The molecule has 1 rings (SSSR count). The van der Waals surface area contributed by atoms with Gasteiger partial charge in [-0.3, -0.25) is 4.79 Å². The number of aliphatic carboxylic acids is 1. The number of hydrogen-bond acceptors (Lipinski definition) is 4. The lowest BCUT2D eigenvalue weighted by atomic mass is 10.0. The predicted octanol–water partition coefficient (Wildman–Crippen LogP) is 2.34. The predicted molar refractivity (Wildman–Crippen MR) is 74.0 cm³/mol. The van der Waals surface area contributed by atoms with Crippen molar-refractivity contribution < 1.29 is 14.1 Å². The monoisotopic (exact) mass is 269 g/mol. The second-order valence-corrected chi connectivity index (χ2v) is 4.45. The SMILES string of the molecule is CCN[C@H](CC(=O)O)Cc1ccc(OSC)cc1. The molecule has 0 aliphatic carbocycles. The molecule has 0 radical (unpaired) electrons. The zero-order valence-electron chi connectivity index (χ0n) is 10.7. The Morgan fingerprint density at radius 2 is 2.11 bits per heavy atom. The van der Waals surface area contributed by atoms with Crippen LogP contribution in [0.3, 0.4) is 0 Å². The van der Waals surface area contributed by atoms with Crippen molar-refractivity contribution in [3.63, 3.8) is 0 Å². The first-order valence-corrected chi connectivity index (χ1v) is 7.05. The summed E-state index contributed by atoms with van der Waals surface area (Å²) in [4.78, 5) is 10.8. The molecule has 0 aromatic heterocycles. The molecule has 0 amide bonds. The first-order valence-electron chi connectivity index (χ1n) is 5.90. The molecule has 1 atom stereocenters. The highest BCUT2D eigenvalue weighted by Crippen LogP contribution is 2.17. The second kappa shape index (κ2) is 8.00. The number of carboxylic acids is 1. The molecule has 5 heteroatoms. The molecule has 2 N–H and O–H groups in total. The Balaban J connectivity index is 2.59. The molecule has 1 aromatic carbocycles. The van der Waals surface area contributed by atoms with Gasteiger partial charge in [-0.05, 0) is 30.7 Å². The zero-order valence-corrected chi connectivity index (χ0v) is 11.5. The van der Waals surface area contributed by atoms with E-state index < -0.39 is 5.97 Å². The van der Waals surface area contributed by atoms with Gasteiger partial charge in [-0.25, -0.2) is 0 Å². The van der Waals surface area contributed by atoms with Crippen molar-refractivity contribution in [2.45, 2.75) is 25.8 Å². The highest BCUT2D eigenvalue weighted by Gasteiger charge is 2.12. The Labute approximate surface area is 112 Å². The molecule has 0 aliphatic rings. The summed E-state index contributed by atoms with van der Waals surface area (Å²) in [6.07, 6.45) is 2.71. The van der Waals surface area contributed by atoms with E-state index in [4.69, 9.17) is 9.29 Å². The smallest absolute Gasteiger partial charge is 0.304 e. The molecular weight excluding hydrogens is 250 g/mol. The van der Waals surface area contributed by atoms with Crippen LogP contribution < -0.4 is 9.50 Å². The minimum atomic E-state index is -0.775. The number of carbonyl (C=O) groups is 1. The minimum Gasteiger partial charge on any atom is -0.481 e. The van der Waals surface area contributed by atoms with Crippen LogP contribution in [-0.2, 0) is 11.2 Å². The van der Waals surface area contributed by atoms with Crippen molar-refractivity contribution in [1.82, 2.24) is 5.32 Å². The molecule has 0 spiro atoms. The van der Waals surface area contributed by atoms with E-state index in [-0.39, 0.29) is 12.5 Å². The standard InChI is InChI=1S/C13H19NO3S/c1-3-14-11(9-13(15)16)8-10-4-6-12(7-5-10)17-18-2/h4-7,11,14H,3,8-9H2,1-2H3,(H,15,16)/t11-/m0/s1. The van der Waals surface area contributed by atoms with Crippen LogP contribution in [0, 0.1) is 0 Å². The van der Waals surface area contributed by atoms with Gasteiger partial charge in [-0.2, -0.15) is 0 Å². The van der Waals surface area contributed by atoms with Crippen molar-refractivity contribution >= 4 is 18.0 Å². The van der Waals surface area contributed by atoms with Crippen molar-refractivity contribution in [3.05, 3.63) is 29.8 Å². The van der Waals surface area contributed by atoms with E-state index in [9.17, 15) is 4.79 Å². The van der Waals surface area contributed by atoms with Gasteiger partial charge in [0.1, 0.15) is 5.75 Å². The maximum absolute atomic E-state index is 10.8. The average Bonchev–Trinajstić information content (AvgIpc) is 2.31. The summed E-state index contributed by atoms with van der Waals surface area (Å²) in [6, 6.07) is 7.71. The van der Waals surface area contributed by atoms with E-state index in [1.54, 1.807) is 0 Å². The maximum atomic E-state index is 10.8. The number of likely N-dealkylation sites (N-methyl/N-ethyl adjacent to an activating group) is 1. The van der Waals surface area contributed by atoms with Gasteiger partial charge in [0, 0.05) is 12.3 Å². The summed E-state index contributed by atoms with van der Waals surface area (Å²) in [5.74, 6) is 0.0350. The summed E-state index contributed by atoms with van der Waals surface area (Å²) in [5, 5.41) is 12.0. The van der Waals surface area contributed by atoms with Crippen LogP contribution >= 0.6 is 12.0 Å². The van der Waals surface area contributed by atoms with Gasteiger partial charge in [-0.1, -0.05) is 19.1 Å². The summed E-state index contributed by atoms with van der Waals surface area (Å²) in [7, 11) is 0. The minimum absolute atomic E-state index is 0.0279. The molecular formula is C13H19NO3S. The van der Waals surface area contributed by atoms with Crippen molar-refractivity contribution in [1.29, 1.82) is 0 Å². The molecule has 0 saturated carbocycles. The topological polar surface area (TPSA) is 58.6 Å². The molecule has 1 aromatic rings. The van der Waals surface area contributed by atoms with E-state index >= 15 is 0 Å². The van der Waals surface area contributed by atoms with Crippen LogP contribution in [-0.4, -0.2) is 29.9 Å². The lowest BCUT2D eigenvalue weighted by Crippen LogP contribution is -2.33. The van der Waals surface area contributed by atoms with E-state index in [0.29, 0.717) is 6.42 Å². The highest BCUT2D eigenvalue weighted by molar-refractivity contribution is 7.94. The van der Waals surface area contributed by atoms with E-state index in [1.165, 1.54) is 12.0 Å². The van der Waals surface area contributed by atoms with Gasteiger partial charge in [0.25, 0.3) is 0 Å². The van der Waals surface area contributed by atoms with E-state index in [1.807, 2.05) is 37.4 Å². The fourth-order valence-electron chi connectivity index (χ4n) is 1.78. The van der Waals surface area contributed by atoms with Gasteiger partial charge in [0.2, 0.25) is 0 Å².